The highest BCUT2D eigenvalue weighted by molar-refractivity contribution is 7.89. The Morgan fingerprint density at radius 3 is 2.30 bits per heavy atom. The fourth-order valence-electron chi connectivity index (χ4n) is 2.99. The summed E-state index contributed by atoms with van der Waals surface area (Å²) in [7, 11) is -3.54. The molecule has 0 aliphatic carbocycles. The van der Waals surface area contributed by atoms with Crippen LogP contribution < -0.4 is 5.32 Å². The SMILES string of the molecule is CCN(CC)S(=O)(=O)c1ccc(C(=O)NCc2ccc(-c3cccnc3)nc2)cc1. The zero-order chi connectivity index (χ0) is 21.6. The van der Waals surface area contributed by atoms with Gasteiger partial charge in [-0.05, 0) is 48.0 Å². The number of carbonyl (C=O) groups is 1. The van der Waals surface area contributed by atoms with Crippen molar-refractivity contribution in [3.8, 4) is 11.3 Å². The molecule has 0 unspecified atom stereocenters. The Labute approximate surface area is 176 Å². The first-order valence-electron chi connectivity index (χ1n) is 9.69. The van der Waals surface area contributed by atoms with Crippen LogP contribution in [0.5, 0.6) is 0 Å². The molecule has 2 heterocycles. The molecular formula is C22H24N4O3S. The molecule has 0 aliphatic heterocycles. The van der Waals surface area contributed by atoms with Crippen molar-refractivity contribution in [2.75, 3.05) is 13.1 Å². The summed E-state index contributed by atoms with van der Waals surface area (Å²) in [5.41, 5.74) is 2.99. The van der Waals surface area contributed by atoms with E-state index in [2.05, 4.69) is 15.3 Å². The zero-order valence-electron chi connectivity index (χ0n) is 16.9. The zero-order valence-corrected chi connectivity index (χ0v) is 17.8. The van der Waals surface area contributed by atoms with Gasteiger partial charge in [0, 0.05) is 49.4 Å². The van der Waals surface area contributed by atoms with Crippen LogP contribution in [0.15, 0.2) is 72.0 Å². The number of carbonyl (C=O) groups excluding carboxylic acids is 1. The lowest BCUT2D eigenvalue weighted by atomic mass is 10.1. The maximum absolute atomic E-state index is 12.5. The van der Waals surface area contributed by atoms with Crippen LogP contribution in [0.2, 0.25) is 0 Å². The van der Waals surface area contributed by atoms with E-state index < -0.39 is 10.0 Å². The molecule has 7 nitrogen and oxygen atoms in total. The van der Waals surface area contributed by atoms with Crippen molar-refractivity contribution >= 4 is 15.9 Å². The van der Waals surface area contributed by atoms with Crippen molar-refractivity contribution in [2.24, 2.45) is 0 Å². The van der Waals surface area contributed by atoms with Gasteiger partial charge in [0.05, 0.1) is 10.6 Å². The van der Waals surface area contributed by atoms with E-state index in [9.17, 15) is 13.2 Å². The van der Waals surface area contributed by atoms with E-state index in [-0.39, 0.29) is 10.8 Å². The first-order chi connectivity index (χ1) is 14.5. The molecule has 0 radical (unpaired) electrons. The molecule has 0 atom stereocenters. The Kier molecular flexibility index (Phi) is 6.91. The predicted octanol–water partition coefficient (Wildman–Crippen LogP) is 3.10. The Balaban J connectivity index is 1.63. The molecule has 0 fully saturated rings. The van der Waals surface area contributed by atoms with Crippen LogP contribution in [0.25, 0.3) is 11.3 Å². The number of benzene rings is 1. The van der Waals surface area contributed by atoms with Crippen molar-refractivity contribution < 1.29 is 13.2 Å². The fraction of sp³-hybridized carbons (Fsp3) is 0.227. The van der Waals surface area contributed by atoms with Crippen molar-refractivity contribution in [1.29, 1.82) is 0 Å². The highest BCUT2D eigenvalue weighted by atomic mass is 32.2. The molecule has 1 N–H and O–H groups in total. The Morgan fingerprint density at radius 1 is 1.00 bits per heavy atom. The number of nitrogens with zero attached hydrogens (tertiary/aromatic N) is 3. The third-order valence-corrected chi connectivity index (χ3v) is 6.76. The van der Waals surface area contributed by atoms with E-state index >= 15 is 0 Å². The smallest absolute Gasteiger partial charge is 0.251 e. The molecule has 0 bridgehead atoms. The average Bonchev–Trinajstić information content (AvgIpc) is 2.79. The van der Waals surface area contributed by atoms with Crippen LogP contribution in [0.3, 0.4) is 0 Å². The summed E-state index contributed by atoms with van der Waals surface area (Å²) in [6, 6.07) is 13.5. The number of amides is 1. The number of aromatic nitrogens is 2. The molecule has 3 aromatic rings. The molecule has 0 spiro atoms. The number of sulfonamides is 1. The summed E-state index contributed by atoms with van der Waals surface area (Å²) >= 11 is 0. The fourth-order valence-corrected chi connectivity index (χ4v) is 4.45. The van der Waals surface area contributed by atoms with Gasteiger partial charge in [0.1, 0.15) is 0 Å². The molecule has 30 heavy (non-hydrogen) atoms. The Bertz CT molecular complexity index is 1080. The van der Waals surface area contributed by atoms with Gasteiger partial charge in [0.15, 0.2) is 0 Å². The summed E-state index contributed by atoms with van der Waals surface area (Å²) < 4.78 is 26.4. The third-order valence-electron chi connectivity index (χ3n) is 4.69. The largest absolute Gasteiger partial charge is 0.348 e. The maximum atomic E-state index is 12.5. The van der Waals surface area contributed by atoms with Gasteiger partial charge in [-0.15, -0.1) is 0 Å². The molecule has 3 rings (SSSR count). The van der Waals surface area contributed by atoms with Crippen LogP contribution in [-0.2, 0) is 16.6 Å². The first kappa shape index (κ1) is 21.6. The lowest BCUT2D eigenvalue weighted by molar-refractivity contribution is 0.0950. The highest BCUT2D eigenvalue weighted by Gasteiger charge is 2.21. The summed E-state index contributed by atoms with van der Waals surface area (Å²) in [5.74, 6) is -0.280. The van der Waals surface area contributed by atoms with Gasteiger partial charge < -0.3 is 5.32 Å². The van der Waals surface area contributed by atoms with Crippen LogP contribution in [-0.4, -0.2) is 41.7 Å². The topological polar surface area (TPSA) is 92.3 Å². The van der Waals surface area contributed by atoms with Crippen molar-refractivity contribution in [1.82, 2.24) is 19.6 Å². The summed E-state index contributed by atoms with van der Waals surface area (Å²) in [5, 5.41) is 2.83. The van der Waals surface area contributed by atoms with Crippen molar-refractivity contribution in [3.63, 3.8) is 0 Å². The van der Waals surface area contributed by atoms with E-state index in [0.29, 0.717) is 25.2 Å². The lowest BCUT2D eigenvalue weighted by Gasteiger charge is -2.18. The van der Waals surface area contributed by atoms with Gasteiger partial charge in [-0.2, -0.15) is 4.31 Å². The number of nitrogens with one attached hydrogen (secondary N) is 1. The van der Waals surface area contributed by atoms with E-state index in [0.717, 1.165) is 16.8 Å². The van der Waals surface area contributed by atoms with E-state index in [4.69, 9.17) is 0 Å². The molecular weight excluding hydrogens is 400 g/mol. The standard InChI is InChI=1S/C22H24N4O3S/c1-3-26(4-2)30(28,29)20-10-8-18(9-11-20)22(27)25-15-17-7-12-21(24-14-17)19-6-5-13-23-16-19/h5-14,16H,3-4,15H2,1-2H3,(H,25,27). The second-order valence-electron chi connectivity index (χ2n) is 6.59. The minimum absolute atomic E-state index is 0.179. The van der Waals surface area contributed by atoms with Gasteiger partial charge in [0.2, 0.25) is 10.0 Å². The van der Waals surface area contributed by atoms with E-state index in [1.165, 1.54) is 28.6 Å². The number of rotatable bonds is 8. The summed E-state index contributed by atoms with van der Waals surface area (Å²) in [4.78, 5) is 21.1. The van der Waals surface area contributed by atoms with Crippen molar-refractivity contribution in [2.45, 2.75) is 25.3 Å². The monoisotopic (exact) mass is 424 g/mol. The minimum Gasteiger partial charge on any atom is -0.348 e. The predicted molar refractivity (Wildman–Crippen MR) is 115 cm³/mol. The lowest BCUT2D eigenvalue weighted by Crippen LogP contribution is -2.30. The Hall–Kier alpha value is -3.10. The second-order valence-corrected chi connectivity index (χ2v) is 8.53. The molecule has 0 aliphatic rings. The first-order valence-corrected chi connectivity index (χ1v) is 11.1. The van der Waals surface area contributed by atoms with Gasteiger partial charge in [0.25, 0.3) is 5.91 Å². The van der Waals surface area contributed by atoms with Crippen LogP contribution >= 0.6 is 0 Å². The molecule has 8 heteroatoms. The van der Waals surface area contributed by atoms with Crippen LogP contribution in [0, 0.1) is 0 Å². The molecule has 2 aromatic heterocycles. The van der Waals surface area contributed by atoms with Crippen LogP contribution in [0.1, 0.15) is 29.8 Å². The van der Waals surface area contributed by atoms with E-state index in [1.54, 1.807) is 32.4 Å². The molecule has 0 saturated carbocycles. The number of hydrogen-bond donors (Lipinski definition) is 1. The molecule has 1 aromatic carbocycles. The van der Waals surface area contributed by atoms with Gasteiger partial charge in [-0.25, -0.2) is 8.42 Å². The molecule has 156 valence electrons. The number of pyridine rings is 2. The normalized spacial score (nSPS) is 11.4. The summed E-state index contributed by atoms with van der Waals surface area (Å²) in [6.45, 7) is 4.70. The second kappa shape index (κ2) is 9.60. The molecule has 0 saturated heterocycles. The van der Waals surface area contributed by atoms with Gasteiger partial charge >= 0.3 is 0 Å². The number of hydrogen-bond acceptors (Lipinski definition) is 5. The van der Waals surface area contributed by atoms with Gasteiger partial charge in [-0.3, -0.25) is 14.8 Å². The maximum Gasteiger partial charge on any atom is 0.251 e. The Morgan fingerprint density at radius 2 is 1.73 bits per heavy atom. The van der Waals surface area contributed by atoms with Crippen LogP contribution in [0.4, 0.5) is 0 Å². The molecule has 1 amide bonds. The van der Waals surface area contributed by atoms with E-state index in [1.807, 2.05) is 24.3 Å². The highest BCUT2D eigenvalue weighted by Crippen LogP contribution is 2.17. The summed E-state index contributed by atoms with van der Waals surface area (Å²) in [6.07, 6.45) is 5.16. The quantitative estimate of drug-likeness (QED) is 0.600. The minimum atomic E-state index is -3.54. The van der Waals surface area contributed by atoms with Gasteiger partial charge in [-0.1, -0.05) is 19.9 Å². The third kappa shape index (κ3) is 4.90. The van der Waals surface area contributed by atoms with Crippen molar-refractivity contribution in [3.05, 3.63) is 78.2 Å². The average molecular weight is 425 g/mol.